The molecule has 0 atom stereocenters. The maximum atomic E-state index is 9.50. The number of nitriles is 1. The first-order valence-corrected chi connectivity index (χ1v) is 9.62. The van der Waals surface area contributed by atoms with E-state index in [9.17, 15) is 5.26 Å². The summed E-state index contributed by atoms with van der Waals surface area (Å²) in [4.78, 5) is 4.59. The number of benzene rings is 2. The highest BCUT2D eigenvalue weighted by Crippen LogP contribution is 2.33. The van der Waals surface area contributed by atoms with Gasteiger partial charge in [-0.3, -0.25) is 0 Å². The van der Waals surface area contributed by atoms with Crippen LogP contribution in [0.5, 0.6) is 11.5 Å². The summed E-state index contributed by atoms with van der Waals surface area (Å²) in [5, 5.41) is 15.2. The minimum atomic E-state index is 0.465. The molecule has 0 aliphatic carbocycles. The van der Waals surface area contributed by atoms with Crippen LogP contribution in [-0.4, -0.2) is 19.2 Å². The fourth-order valence-corrected chi connectivity index (χ4v) is 3.60. The zero-order valence-corrected chi connectivity index (χ0v) is 17.1. The van der Waals surface area contributed by atoms with E-state index in [4.69, 9.17) is 9.47 Å². The number of methoxy groups -OCH3 is 2. The largest absolute Gasteiger partial charge is 0.493 e. The topological polar surface area (TPSA) is 67.2 Å². The van der Waals surface area contributed by atoms with Gasteiger partial charge >= 0.3 is 0 Å². The van der Waals surface area contributed by atoms with Crippen molar-refractivity contribution in [1.82, 2.24) is 4.98 Å². The number of nitrogens with zero attached hydrogens (tertiary/aromatic N) is 2. The van der Waals surface area contributed by atoms with Crippen molar-refractivity contribution >= 4 is 38.5 Å². The molecule has 1 aromatic heterocycles. The molecule has 1 N–H and O–H groups in total. The molecule has 0 amide bonds. The Labute approximate surface area is 170 Å². The Balaban J connectivity index is 1.85. The van der Waals surface area contributed by atoms with Crippen LogP contribution in [0.25, 0.3) is 16.8 Å². The number of nitrogens with one attached hydrogen (secondary N) is 1. The summed E-state index contributed by atoms with van der Waals surface area (Å²) >= 11 is 4.84. The van der Waals surface area contributed by atoms with Crippen molar-refractivity contribution in [2.75, 3.05) is 19.5 Å². The van der Waals surface area contributed by atoms with Crippen LogP contribution in [-0.2, 0) is 0 Å². The molecule has 0 bridgehead atoms. The van der Waals surface area contributed by atoms with Gasteiger partial charge < -0.3 is 14.8 Å². The van der Waals surface area contributed by atoms with Gasteiger partial charge in [0.05, 0.1) is 19.9 Å². The standard InChI is InChI=1S/C20H16BrN3O2S/c1-25-18-7-6-13(8-19(18)26-2)17-12-27-20(24-17)14(10-22)11-23-16-5-3-4-15(21)9-16/h3-9,11-12,23H,1-2H3/b14-11+. The lowest BCUT2D eigenvalue weighted by Crippen LogP contribution is -1.92. The van der Waals surface area contributed by atoms with E-state index in [1.54, 1.807) is 20.4 Å². The number of anilines is 1. The number of allylic oxidation sites excluding steroid dienone is 1. The molecule has 7 heteroatoms. The Kier molecular flexibility index (Phi) is 6.12. The van der Waals surface area contributed by atoms with Crippen LogP contribution in [0.4, 0.5) is 5.69 Å². The molecular weight excluding hydrogens is 426 g/mol. The first-order valence-electron chi connectivity index (χ1n) is 7.95. The Hall–Kier alpha value is -2.82. The second kappa shape index (κ2) is 8.71. The SMILES string of the molecule is COc1ccc(-c2csc(/C(C#N)=C/Nc3cccc(Br)c3)n2)cc1OC. The molecule has 0 spiro atoms. The Morgan fingerprint density at radius 1 is 1.19 bits per heavy atom. The number of aromatic nitrogens is 1. The summed E-state index contributed by atoms with van der Waals surface area (Å²) in [6.45, 7) is 0. The molecule has 3 rings (SSSR count). The molecule has 0 aliphatic rings. The lowest BCUT2D eigenvalue weighted by Gasteiger charge is -2.08. The number of hydrogen-bond donors (Lipinski definition) is 1. The van der Waals surface area contributed by atoms with Gasteiger partial charge in [-0.2, -0.15) is 5.26 Å². The average molecular weight is 442 g/mol. The van der Waals surface area contributed by atoms with Gasteiger partial charge in [0.25, 0.3) is 0 Å². The predicted octanol–water partition coefficient (Wildman–Crippen LogP) is 5.57. The number of ether oxygens (including phenoxy) is 2. The summed E-state index contributed by atoms with van der Waals surface area (Å²) in [5.74, 6) is 1.30. The predicted molar refractivity (Wildman–Crippen MR) is 112 cm³/mol. The Bertz CT molecular complexity index is 1020. The quantitative estimate of drug-likeness (QED) is 0.506. The molecule has 0 radical (unpaired) electrons. The van der Waals surface area contributed by atoms with Crippen LogP contribution in [0, 0.1) is 11.3 Å². The number of halogens is 1. The molecule has 1 heterocycles. The summed E-state index contributed by atoms with van der Waals surface area (Å²) in [7, 11) is 3.19. The van der Waals surface area contributed by atoms with Gasteiger partial charge in [0, 0.05) is 27.3 Å². The van der Waals surface area contributed by atoms with Crippen molar-refractivity contribution in [3.63, 3.8) is 0 Å². The van der Waals surface area contributed by atoms with Gasteiger partial charge in [-0.15, -0.1) is 11.3 Å². The van der Waals surface area contributed by atoms with Gasteiger partial charge in [0.2, 0.25) is 0 Å². The molecule has 27 heavy (non-hydrogen) atoms. The minimum absolute atomic E-state index is 0.465. The fraction of sp³-hybridized carbons (Fsp3) is 0.100. The average Bonchev–Trinajstić information content (AvgIpc) is 3.18. The molecule has 0 saturated heterocycles. The van der Waals surface area contributed by atoms with Crippen molar-refractivity contribution in [2.45, 2.75) is 0 Å². The Morgan fingerprint density at radius 2 is 2.00 bits per heavy atom. The molecule has 136 valence electrons. The second-order valence-corrected chi connectivity index (χ2v) is 7.21. The number of rotatable bonds is 6. The smallest absolute Gasteiger partial charge is 0.161 e. The van der Waals surface area contributed by atoms with Gasteiger partial charge in [0.15, 0.2) is 11.5 Å². The number of thiazole rings is 1. The molecule has 5 nitrogen and oxygen atoms in total. The first kappa shape index (κ1) is 19.0. The zero-order valence-electron chi connectivity index (χ0n) is 14.7. The molecule has 0 unspecified atom stereocenters. The summed E-state index contributed by atoms with van der Waals surface area (Å²) < 4.78 is 11.6. The molecule has 3 aromatic rings. The Morgan fingerprint density at radius 3 is 2.70 bits per heavy atom. The molecule has 0 fully saturated rings. The number of hydrogen-bond acceptors (Lipinski definition) is 6. The summed E-state index contributed by atoms with van der Waals surface area (Å²) in [6.07, 6.45) is 1.67. The van der Waals surface area contributed by atoms with E-state index in [0.29, 0.717) is 22.1 Å². The molecular formula is C20H16BrN3O2S. The van der Waals surface area contributed by atoms with Crippen LogP contribution in [0.2, 0.25) is 0 Å². The maximum Gasteiger partial charge on any atom is 0.161 e. The third kappa shape index (κ3) is 4.48. The normalized spacial score (nSPS) is 11.0. The highest BCUT2D eigenvalue weighted by Gasteiger charge is 2.11. The van der Waals surface area contributed by atoms with Crippen molar-refractivity contribution in [3.05, 3.63) is 63.5 Å². The maximum absolute atomic E-state index is 9.50. The minimum Gasteiger partial charge on any atom is -0.493 e. The van der Waals surface area contributed by atoms with Crippen LogP contribution in [0.15, 0.2) is 58.5 Å². The van der Waals surface area contributed by atoms with Gasteiger partial charge in [-0.05, 0) is 36.4 Å². The van der Waals surface area contributed by atoms with Crippen molar-refractivity contribution in [3.8, 4) is 28.8 Å². The molecule has 2 aromatic carbocycles. The fourth-order valence-electron chi connectivity index (χ4n) is 2.40. The van der Waals surface area contributed by atoms with Crippen molar-refractivity contribution in [2.24, 2.45) is 0 Å². The first-order chi connectivity index (χ1) is 13.1. The highest BCUT2D eigenvalue weighted by molar-refractivity contribution is 9.10. The lowest BCUT2D eigenvalue weighted by atomic mass is 10.1. The van der Waals surface area contributed by atoms with E-state index in [1.165, 1.54) is 11.3 Å². The van der Waals surface area contributed by atoms with Gasteiger partial charge in [0.1, 0.15) is 16.6 Å². The van der Waals surface area contributed by atoms with Crippen LogP contribution >= 0.6 is 27.3 Å². The van der Waals surface area contributed by atoms with Crippen LogP contribution in [0.3, 0.4) is 0 Å². The van der Waals surface area contributed by atoms with Crippen molar-refractivity contribution < 1.29 is 9.47 Å². The summed E-state index contributed by atoms with van der Waals surface area (Å²) in [5.41, 5.74) is 3.02. The zero-order chi connectivity index (χ0) is 19.2. The van der Waals surface area contributed by atoms with E-state index in [0.717, 1.165) is 21.4 Å². The monoisotopic (exact) mass is 441 g/mol. The van der Waals surface area contributed by atoms with E-state index in [2.05, 4.69) is 32.3 Å². The van der Waals surface area contributed by atoms with E-state index < -0.39 is 0 Å². The van der Waals surface area contributed by atoms with E-state index in [-0.39, 0.29) is 0 Å². The lowest BCUT2D eigenvalue weighted by molar-refractivity contribution is 0.355. The third-order valence-corrected chi connectivity index (χ3v) is 5.11. The molecule has 0 saturated carbocycles. The van der Waals surface area contributed by atoms with Gasteiger partial charge in [-0.1, -0.05) is 22.0 Å². The highest BCUT2D eigenvalue weighted by atomic mass is 79.9. The second-order valence-electron chi connectivity index (χ2n) is 5.43. The van der Waals surface area contributed by atoms with Gasteiger partial charge in [-0.25, -0.2) is 4.98 Å². The summed E-state index contributed by atoms with van der Waals surface area (Å²) in [6, 6.07) is 15.5. The van der Waals surface area contributed by atoms with Crippen molar-refractivity contribution in [1.29, 1.82) is 5.26 Å². The van der Waals surface area contributed by atoms with Crippen LogP contribution < -0.4 is 14.8 Å². The van der Waals surface area contributed by atoms with E-state index in [1.807, 2.05) is 47.8 Å². The van der Waals surface area contributed by atoms with Crippen LogP contribution in [0.1, 0.15) is 5.01 Å². The third-order valence-electron chi connectivity index (χ3n) is 3.74. The molecule has 0 aliphatic heterocycles. The van der Waals surface area contributed by atoms with E-state index >= 15 is 0 Å².